The second kappa shape index (κ2) is 4.75. The van der Waals surface area contributed by atoms with E-state index in [0.717, 1.165) is 17.4 Å². The number of allylic oxidation sites excluding steroid dienone is 3. The maximum atomic E-state index is 9.14. The van der Waals surface area contributed by atoms with E-state index < -0.39 is 0 Å². The van der Waals surface area contributed by atoms with Crippen molar-refractivity contribution in [2.45, 2.75) is 46.5 Å². The first-order valence-electron chi connectivity index (χ1n) is 6.61. The predicted molar refractivity (Wildman–Crippen MR) is 68.2 cm³/mol. The summed E-state index contributed by atoms with van der Waals surface area (Å²) in [5.41, 5.74) is 4.47. The van der Waals surface area contributed by atoms with Crippen LogP contribution in [0.15, 0.2) is 22.8 Å². The molecule has 0 amide bonds. The molecule has 0 aromatic heterocycles. The van der Waals surface area contributed by atoms with E-state index in [1.165, 1.54) is 25.7 Å². The third-order valence-electron chi connectivity index (χ3n) is 4.48. The Morgan fingerprint density at radius 1 is 1.38 bits per heavy atom. The number of fused-ring (bicyclic) bond motifs is 1. The van der Waals surface area contributed by atoms with Crippen molar-refractivity contribution >= 4 is 0 Å². The van der Waals surface area contributed by atoms with Gasteiger partial charge in [0.05, 0.1) is 6.61 Å². The normalized spacial score (nSPS) is 35.5. The van der Waals surface area contributed by atoms with Crippen LogP contribution in [0.4, 0.5) is 0 Å². The standard InChI is InChI=1S/C15H24O/c1-10(9-16)8-13-6-4-11(2)14-7-5-12(3)15(13)14/h8,11,13-14,16H,4-7,9H2,1-3H3/b10-8+/t11-,13+,14+/m1/s1. The Bertz CT molecular complexity index is 324. The van der Waals surface area contributed by atoms with Crippen LogP contribution in [0.25, 0.3) is 0 Å². The third kappa shape index (κ3) is 2.10. The van der Waals surface area contributed by atoms with Crippen molar-refractivity contribution in [3.8, 4) is 0 Å². The van der Waals surface area contributed by atoms with Crippen LogP contribution in [0.3, 0.4) is 0 Å². The van der Waals surface area contributed by atoms with Crippen LogP contribution in [-0.4, -0.2) is 11.7 Å². The minimum absolute atomic E-state index is 0.211. The summed E-state index contributed by atoms with van der Waals surface area (Å²) in [5.74, 6) is 2.32. The summed E-state index contributed by atoms with van der Waals surface area (Å²) < 4.78 is 0. The summed E-state index contributed by atoms with van der Waals surface area (Å²) in [6.45, 7) is 6.96. The molecule has 1 heteroatoms. The molecule has 1 nitrogen and oxygen atoms in total. The van der Waals surface area contributed by atoms with Gasteiger partial charge >= 0.3 is 0 Å². The highest BCUT2D eigenvalue weighted by Gasteiger charge is 2.35. The van der Waals surface area contributed by atoms with Gasteiger partial charge in [-0.05, 0) is 57.3 Å². The molecule has 16 heavy (non-hydrogen) atoms. The van der Waals surface area contributed by atoms with Crippen LogP contribution in [0.2, 0.25) is 0 Å². The van der Waals surface area contributed by atoms with Gasteiger partial charge in [0, 0.05) is 0 Å². The summed E-state index contributed by atoms with van der Waals surface area (Å²) in [6.07, 6.45) is 7.60. The molecule has 0 aromatic carbocycles. The molecule has 0 aliphatic heterocycles. The lowest BCUT2D eigenvalue weighted by Gasteiger charge is -2.34. The maximum Gasteiger partial charge on any atom is 0.0639 e. The van der Waals surface area contributed by atoms with Crippen molar-refractivity contribution in [1.82, 2.24) is 0 Å². The maximum absolute atomic E-state index is 9.14. The molecular weight excluding hydrogens is 196 g/mol. The molecule has 0 heterocycles. The summed E-state index contributed by atoms with van der Waals surface area (Å²) in [7, 11) is 0. The van der Waals surface area contributed by atoms with Gasteiger partial charge in [-0.1, -0.05) is 29.7 Å². The van der Waals surface area contributed by atoms with Crippen LogP contribution in [-0.2, 0) is 0 Å². The van der Waals surface area contributed by atoms with E-state index >= 15 is 0 Å². The van der Waals surface area contributed by atoms with Gasteiger partial charge in [-0.15, -0.1) is 0 Å². The second-order valence-electron chi connectivity index (χ2n) is 5.71. The summed E-state index contributed by atoms with van der Waals surface area (Å²) >= 11 is 0. The Morgan fingerprint density at radius 3 is 2.81 bits per heavy atom. The Balaban J connectivity index is 2.24. The van der Waals surface area contributed by atoms with Crippen molar-refractivity contribution in [3.63, 3.8) is 0 Å². The van der Waals surface area contributed by atoms with Gasteiger partial charge in [-0.25, -0.2) is 0 Å². The zero-order chi connectivity index (χ0) is 11.7. The van der Waals surface area contributed by atoms with Crippen LogP contribution in [0.5, 0.6) is 0 Å². The third-order valence-corrected chi connectivity index (χ3v) is 4.48. The average molecular weight is 220 g/mol. The molecule has 0 aromatic rings. The molecule has 1 N–H and O–H groups in total. The predicted octanol–water partition coefficient (Wildman–Crippen LogP) is 3.70. The molecule has 2 rings (SSSR count). The average Bonchev–Trinajstić information content (AvgIpc) is 2.66. The molecule has 1 saturated carbocycles. The highest BCUT2D eigenvalue weighted by atomic mass is 16.3. The number of aliphatic hydroxyl groups is 1. The van der Waals surface area contributed by atoms with Crippen molar-refractivity contribution in [1.29, 1.82) is 0 Å². The molecule has 0 bridgehead atoms. The van der Waals surface area contributed by atoms with E-state index in [1.54, 1.807) is 11.1 Å². The molecule has 90 valence electrons. The first-order valence-corrected chi connectivity index (χ1v) is 6.61. The molecule has 2 aliphatic carbocycles. The number of aliphatic hydroxyl groups excluding tert-OH is 1. The van der Waals surface area contributed by atoms with Crippen LogP contribution in [0.1, 0.15) is 46.5 Å². The van der Waals surface area contributed by atoms with Gasteiger partial charge < -0.3 is 5.11 Å². The zero-order valence-corrected chi connectivity index (χ0v) is 10.8. The summed E-state index contributed by atoms with van der Waals surface area (Å²) in [4.78, 5) is 0. The summed E-state index contributed by atoms with van der Waals surface area (Å²) in [5, 5.41) is 9.14. The van der Waals surface area contributed by atoms with Crippen molar-refractivity contribution in [2.24, 2.45) is 17.8 Å². The van der Waals surface area contributed by atoms with Gasteiger partial charge in [0.1, 0.15) is 0 Å². The number of hydrogen-bond donors (Lipinski definition) is 1. The van der Waals surface area contributed by atoms with Crippen molar-refractivity contribution < 1.29 is 5.11 Å². The minimum Gasteiger partial charge on any atom is -0.392 e. The molecule has 2 aliphatic rings. The smallest absolute Gasteiger partial charge is 0.0639 e. The Hall–Kier alpha value is -0.560. The molecular formula is C15H24O. The van der Waals surface area contributed by atoms with E-state index in [1.807, 2.05) is 6.92 Å². The van der Waals surface area contributed by atoms with E-state index in [0.29, 0.717) is 5.92 Å². The fourth-order valence-electron chi connectivity index (χ4n) is 3.54. The van der Waals surface area contributed by atoms with Gasteiger partial charge in [0.15, 0.2) is 0 Å². The Morgan fingerprint density at radius 2 is 2.12 bits per heavy atom. The Kier molecular flexibility index (Phi) is 3.53. The molecule has 0 radical (unpaired) electrons. The van der Waals surface area contributed by atoms with E-state index in [9.17, 15) is 0 Å². The number of hydrogen-bond acceptors (Lipinski definition) is 1. The molecule has 1 fully saturated rings. The molecule has 0 spiro atoms. The monoisotopic (exact) mass is 220 g/mol. The first kappa shape index (κ1) is 11.9. The van der Waals surface area contributed by atoms with E-state index in [2.05, 4.69) is 19.9 Å². The van der Waals surface area contributed by atoms with Gasteiger partial charge in [0.2, 0.25) is 0 Å². The second-order valence-corrected chi connectivity index (χ2v) is 5.71. The SMILES string of the molecule is CC1=C2[C@H](/C=C(\C)CO)CC[C@@H](C)[C@@H]2CC1. The van der Waals surface area contributed by atoms with Crippen molar-refractivity contribution in [3.05, 3.63) is 22.8 Å². The highest BCUT2D eigenvalue weighted by molar-refractivity contribution is 5.30. The lowest BCUT2D eigenvalue weighted by Crippen LogP contribution is -2.23. The molecule has 0 unspecified atom stereocenters. The largest absolute Gasteiger partial charge is 0.392 e. The van der Waals surface area contributed by atoms with Gasteiger partial charge in [-0.3, -0.25) is 0 Å². The van der Waals surface area contributed by atoms with Gasteiger partial charge in [-0.2, -0.15) is 0 Å². The lowest BCUT2D eigenvalue weighted by molar-refractivity contribution is 0.296. The van der Waals surface area contributed by atoms with Gasteiger partial charge in [0.25, 0.3) is 0 Å². The fourth-order valence-corrected chi connectivity index (χ4v) is 3.54. The highest BCUT2D eigenvalue weighted by Crippen LogP contribution is 2.48. The van der Waals surface area contributed by atoms with Crippen molar-refractivity contribution in [2.75, 3.05) is 6.61 Å². The quantitative estimate of drug-likeness (QED) is 0.704. The topological polar surface area (TPSA) is 20.2 Å². The summed E-state index contributed by atoms with van der Waals surface area (Å²) in [6, 6.07) is 0. The molecule has 0 saturated heterocycles. The van der Waals surface area contributed by atoms with Crippen LogP contribution in [0, 0.1) is 17.8 Å². The van der Waals surface area contributed by atoms with Crippen LogP contribution >= 0.6 is 0 Å². The molecule has 3 atom stereocenters. The number of rotatable bonds is 2. The zero-order valence-electron chi connectivity index (χ0n) is 10.8. The first-order chi connectivity index (χ1) is 7.63. The minimum atomic E-state index is 0.211. The Labute approximate surface area is 99.3 Å². The van der Waals surface area contributed by atoms with E-state index in [4.69, 9.17) is 5.11 Å². The van der Waals surface area contributed by atoms with E-state index in [-0.39, 0.29) is 6.61 Å². The van der Waals surface area contributed by atoms with Crippen LogP contribution < -0.4 is 0 Å². The fraction of sp³-hybridized carbons (Fsp3) is 0.733. The lowest BCUT2D eigenvalue weighted by atomic mass is 9.71.